The first kappa shape index (κ1) is 22.7. The summed E-state index contributed by atoms with van der Waals surface area (Å²) >= 11 is 12.5. The Morgan fingerprint density at radius 3 is 2.35 bits per heavy atom. The van der Waals surface area contributed by atoms with Gasteiger partial charge in [0, 0.05) is 29.7 Å². The summed E-state index contributed by atoms with van der Waals surface area (Å²) in [5.41, 5.74) is 2.65. The maximum Gasteiger partial charge on any atom is 0.267 e. The smallest absolute Gasteiger partial charge is 0.267 e. The van der Waals surface area contributed by atoms with Crippen LogP contribution in [0, 0.1) is 0 Å². The Morgan fingerprint density at radius 2 is 1.65 bits per heavy atom. The van der Waals surface area contributed by atoms with Gasteiger partial charge in [-0.2, -0.15) is 0 Å². The van der Waals surface area contributed by atoms with E-state index in [0.717, 1.165) is 37.3 Å². The molecule has 2 N–H and O–H groups in total. The van der Waals surface area contributed by atoms with Crippen molar-refractivity contribution < 1.29 is 0 Å². The van der Waals surface area contributed by atoms with E-state index in [1.165, 1.54) is 17.1 Å². The van der Waals surface area contributed by atoms with Gasteiger partial charge < -0.3 is 15.5 Å². The maximum atomic E-state index is 13.1. The van der Waals surface area contributed by atoms with Crippen molar-refractivity contribution >= 4 is 51.3 Å². The maximum absolute atomic E-state index is 13.1. The van der Waals surface area contributed by atoms with Crippen molar-refractivity contribution in [2.24, 2.45) is 0 Å². The zero-order valence-corrected chi connectivity index (χ0v) is 20.1. The SMILES string of the molecule is CN1CCC(Nc2ccc(Nc3cc4ncn(-c5c(Cl)cccc5Cl)c(=O)c4cn3)cc2)CC1. The Hall–Kier alpha value is -3.13. The third kappa shape index (κ3) is 4.73. The van der Waals surface area contributed by atoms with Gasteiger partial charge in [0.15, 0.2) is 0 Å². The van der Waals surface area contributed by atoms with Crippen molar-refractivity contribution in [2.45, 2.75) is 18.9 Å². The van der Waals surface area contributed by atoms with E-state index >= 15 is 0 Å². The van der Waals surface area contributed by atoms with Crippen molar-refractivity contribution in [2.75, 3.05) is 30.8 Å². The number of piperidine rings is 1. The van der Waals surface area contributed by atoms with Gasteiger partial charge in [-0.25, -0.2) is 9.97 Å². The zero-order valence-electron chi connectivity index (χ0n) is 18.6. The summed E-state index contributed by atoms with van der Waals surface area (Å²) in [6, 6.07) is 15.5. The van der Waals surface area contributed by atoms with Gasteiger partial charge in [0.1, 0.15) is 12.1 Å². The van der Waals surface area contributed by atoms with E-state index < -0.39 is 0 Å². The highest BCUT2D eigenvalue weighted by atomic mass is 35.5. The number of pyridine rings is 1. The predicted octanol–water partition coefficient (Wildman–Crippen LogP) is 5.34. The molecule has 0 radical (unpaired) electrons. The first-order chi connectivity index (χ1) is 16.5. The van der Waals surface area contributed by atoms with Crippen LogP contribution in [0.1, 0.15) is 12.8 Å². The van der Waals surface area contributed by atoms with Crippen molar-refractivity contribution in [3.8, 4) is 5.69 Å². The van der Waals surface area contributed by atoms with Crippen LogP contribution >= 0.6 is 23.2 Å². The second-order valence-corrected chi connectivity index (χ2v) is 9.32. The minimum atomic E-state index is -0.289. The van der Waals surface area contributed by atoms with Gasteiger partial charge in [-0.3, -0.25) is 9.36 Å². The molecule has 0 aliphatic carbocycles. The number of likely N-dealkylation sites (tertiary alicyclic amines) is 1. The van der Waals surface area contributed by atoms with E-state index in [4.69, 9.17) is 23.2 Å². The lowest BCUT2D eigenvalue weighted by Gasteiger charge is -2.30. The summed E-state index contributed by atoms with van der Waals surface area (Å²) in [5, 5.41) is 8.01. The summed E-state index contributed by atoms with van der Waals surface area (Å²) in [4.78, 5) is 24.3. The minimum Gasteiger partial charge on any atom is -0.382 e. The van der Waals surface area contributed by atoms with Crippen molar-refractivity contribution in [1.82, 2.24) is 19.4 Å². The number of fused-ring (bicyclic) bond motifs is 1. The van der Waals surface area contributed by atoms with Gasteiger partial charge in [-0.1, -0.05) is 29.3 Å². The number of nitrogens with one attached hydrogen (secondary N) is 2. The molecule has 0 unspecified atom stereocenters. The lowest BCUT2D eigenvalue weighted by atomic mass is 10.1. The number of halogens is 2. The largest absolute Gasteiger partial charge is 0.382 e. The second-order valence-electron chi connectivity index (χ2n) is 8.50. The molecule has 3 heterocycles. The first-order valence-electron chi connectivity index (χ1n) is 11.1. The predicted molar refractivity (Wildman–Crippen MR) is 139 cm³/mol. The lowest BCUT2D eigenvalue weighted by molar-refractivity contribution is 0.264. The molecule has 174 valence electrons. The molecule has 5 rings (SSSR count). The van der Waals surface area contributed by atoms with E-state index in [1.807, 2.05) is 12.1 Å². The van der Waals surface area contributed by atoms with E-state index in [-0.39, 0.29) is 5.56 Å². The normalized spacial score (nSPS) is 14.9. The van der Waals surface area contributed by atoms with E-state index in [0.29, 0.717) is 38.5 Å². The Kier molecular flexibility index (Phi) is 6.41. The number of hydrogen-bond acceptors (Lipinski definition) is 6. The molecule has 0 amide bonds. The van der Waals surface area contributed by atoms with Gasteiger partial charge >= 0.3 is 0 Å². The van der Waals surface area contributed by atoms with E-state index in [2.05, 4.69) is 44.7 Å². The number of rotatable bonds is 5. The molecule has 9 heteroatoms. The number of benzene rings is 2. The Morgan fingerprint density at radius 1 is 0.971 bits per heavy atom. The van der Waals surface area contributed by atoms with Gasteiger partial charge in [-0.05, 0) is 69.4 Å². The number of hydrogen-bond donors (Lipinski definition) is 2. The highest BCUT2D eigenvalue weighted by molar-refractivity contribution is 6.37. The van der Waals surface area contributed by atoms with Gasteiger partial charge in [0.2, 0.25) is 0 Å². The van der Waals surface area contributed by atoms with Crippen molar-refractivity contribution in [3.63, 3.8) is 0 Å². The molecule has 0 saturated carbocycles. The highest BCUT2D eigenvalue weighted by Gasteiger charge is 2.16. The summed E-state index contributed by atoms with van der Waals surface area (Å²) in [6.45, 7) is 2.24. The van der Waals surface area contributed by atoms with Gasteiger partial charge in [0.05, 0.1) is 26.6 Å². The number of nitrogens with zero attached hydrogens (tertiary/aromatic N) is 4. The van der Waals surface area contributed by atoms with Crippen LogP contribution in [0.3, 0.4) is 0 Å². The minimum absolute atomic E-state index is 0.289. The second kappa shape index (κ2) is 9.62. The summed E-state index contributed by atoms with van der Waals surface area (Å²) in [5.74, 6) is 0.601. The molecular weight excluding hydrogens is 471 g/mol. The molecule has 7 nitrogen and oxygen atoms in total. The monoisotopic (exact) mass is 494 g/mol. The topological polar surface area (TPSA) is 75.1 Å². The molecule has 0 atom stereocenters. The quantitative estimate of drug-likeness (QED) is 0.390. The summed E-state index contributed by atoms with van der Waals surface area (Å²) in [6.07, 6.45) is 5.25. The molecule has 2 aromatic heterocycles. The number of anilines is 3. The summed E-state index contributed by atoms with van der Waals surface area (Å²) < 4.78 is 1.35. The van der Waals surface area contributed by atoms with Crippen LogP contribution in [-0.2, 0) is 0 Å². The molecule has 34 heavy (non-hydrogen) atoms. The van der Waals surface area contributed by atoms with Gasteiger partial charge in [0.25, 0.3) is 5.56 Å². The molecule has 2 aromatic carbocycles. The average Bonchev–Trinajstić information content (AvgIpc) is 2.83. The number of aromatic nitrogens is 3. The van der Waals surface area contributed by atoms with Crippen LogP contribution in [0.25, 0.3) is 16.6 Å². The molecule has 4 aromatic rings. The third-order valence-electron chi connectivity index (χ3n) is 6.07. The van der Waals surface area contributed by atoms with Crippen LogP contribution in [0.4, 0.5) is 17.2 Å². The molecule has 0 bridgehead atoms. The van der Waals surface area contributed by atoms with Crippen LogP contribution < -0.4 is 16.2 Å². The standard InChI is InChI=1S/C25H24Cl2N6O/c1-32-11-9-18(10-12-32)30-16-5-7-17(8-6-16)31-23-13-22-19(14-28-23)25(34)33(15-29-22)24-20(26)3-2-4-21(24)27/h2-8,13-15,18,30H,9-12H2,1H3,(H,28,31). The molecule has 1 aliphatic heterocycles. The molecule has 1 saturated heterocycles. The van der Waals surface area contributed by atoms with E-state index in [9.17, 15) is 4.79 Å². The van der Waals surface area contributed by atoms with Crippen LogP contribution in [-0.4, -0.2) is 45.6 Å². The molecular formula is C25H24Cl2N6O. The van der Waals surface area contributed by atoms with Crippen LogP contribution in [0.15, 0.2) is 65.8 Å². The van der Waals surface area contributed by atoms with Crippen molar-refractivity contribution in [1.29, 1.82) is 0 Å². The Labute approximate surface area is 207 Å². The third-order valence-corrected chi connectivity index (χ3v) is 6.68. The summed E-state index contributed by atoms with van der Waals surface area (Å²) in [7, 11) is 2.16. The molecule has 1 aliphatic rings. The Bertz CT molecular complexity index is 1360. The van der Waals surface area contributed by atoms with Gasteiger partial charge in [-0.15, -0.1) is 0 Å². The van der Waals surface area contributed by atoms with Crippen LogP contribution in [0.5, 0.6) is 0 Å². The Balaban J connectivity index is 1.33. The highest BCUT2D eigenvalue weighted by Crippen LogP contribution is 2.28. The molecule has 0 spiro atoms. The first-order valence-corrected chi connectivity index (χ1v) is 11.9. The lowest BCUT2D eigenvalue weighted by Crippen LogP contribution is -2.36. The molecule has 1 fully saturated rings. The average molecular weight is 495 g/mol. The fourth-order valence-corrected chi connectivity index (χ4v) is 4.73. The number of para-hydroxylation sites is 1. The van der Waals surface area contributed by atoms with Crippen LogP contribution in [0.2, 0.25) is 10.0 Å². The zero-order chi connectivity index (χ0) is 23.7. The fraction of sp³-hybridized carbons (Fsp3) is 0.240. The van der Waals surface area contributed by atoms with E-state index in [1.54, 1.807) is 24.3 Å². The van der Waals surface area contributed by atoms with Crippen molar-refractivity contribution in [3.05, 3.63) is 81.5 Å². The fourth-order valence-electron chi connectivity index (χ4n) is 4.15.